The van der Waals surface area contributed by atoms with Gasteiger partial charge in [-0.3, -0.25) is 4.79 Å². The van der Waals surface area contributed by atoms with E-state index in [0.717, 1.165) is 6.07 Å². The summed E-state index contributed by atoms with van der Waals surface area (Å²) in [5.41, 5.74) is -1.18. The third kappa shape index (κ3) is 2.12. The average Bonchev–Trinajstić information content (AvgIpc) is 2.16. The molecule has 15 heavy (non-hydrogen) atoms. The lowest BCUT2D eigenvalue weighted by Gasteiger charge is -2.02. The number of halogens is 2. The second-order valence-corrected chi connectivity index (χ2v) is 2.78. The van der Waals surface area contributed by atoms with Crippen molar-refractivity contribution in [2.24, 2.45) is 0 Å². The highest BCUT2D eigenvalue weighted by atomic mass is 19.3. The molecule has 0 aliphatic carbocycles. The van der Waals surface area contributed by atoms with Gasteiger partial charge in [-0.15, -0.1) is 0 Å². The van der Waals surface area contributed by atoms with Gasteiger partial charge >= 0.3 is 5.82 Å². The SMILES string of the molecule is Cc1cc(C(F)F)c(C=O)nc1[N+](=O)[O-]. The summed E-state index contributed by atoms with van der Waals surface area (Å²) >= 11 is 0. The van der Waals surface area contributed by atoms with Crippen LogP contribution in [0.4, 0.5) is 14.6 Å². The smallest absolute Gasteiger partial charge is 0.358 e. The van der Waals surface area contributed by atoms with E-state index in [1.165, 1.54) is 6.92 Å². The van der Waals surface area contributed by atoms with Gasteiger partial charge in [0.25, 0.3) is 6.43 Å². The Morgan fingerprint density at radius 3 is 2.60 bits per heavy atom. The Kier molecular flexibility index (Phi) is 3.03. The topological polar surface area (TPSA) is 73.1 Å². The maximum absolute atomic E-state index is 12.4. The monoisotopic (exact) mass is 216 g/mol. The standard InChI is InChI=1S/C8H6F2N2O3/c1-4-2-5(7(9)10)6(3-13)11-8(4)12(14)15/h2-3,7H,1H3. The van der Waals surface area contributed by atoms with Crippen LogP contribution in [0.1, 0.15) is 28.0 Å². The number of nitrogens with zero attached hydrogens (tertiary/aromatic N) is 2. The average molecular weight is 216 g/mol. The molecule has 0 unspecified atom stereocenters. The molecule has 5 nitrogen and oxygen atoms in total. The number of aryl methyl sites for hydroxylation is 1. The van der Waals surface area contributed by atoms with Crippen molar-refractivity contribution in [1.29, 1.82) is 0 Å². The van der Waals surface area contributed by atoms with Gasteiger partial charge in [0, 0.05) is 5.56 Å². The third-order valence-electron chi connectivity index (χ3n) is 1.77. The molecule has 0 bridgehead atoms. The Hall–Kier alpha value is -1.92. The predicted octanol–water partition coefficient (Wildman–Crippen LogP) is 2.05. The summed E-state index contributed by atoms with van der Waals surface area (Å²) in [5, 5.41) is 10.4. The molecule has 1 rings (SSSR count). The van der Waals surface area contributed by atoms with Gasteiger partial charge in [0.1, 0.15) is 0 Å². The number of alkyl halides is 2. The Labute approximate surface area is 82.9 Å². The van der Waals surface area contributed by atoms with Crippen LogP contribution in [0.25, 0.3) is 0 Å². The summed E-state index contributed by atoms with van der Waals surface area (Å²) in [5.74, 6) is -0.582. The van der Waals surface area contributed by atoms with Crippen LogP contribution in [0.3, 0.4) is 0 Å². The normalized spacial score (nSPS) is 10.4. The van der Waals surface area contributed by atoms with Gasteiger partial charge in [-0.05, 0) is 22.9 Å². The van der Waals surface area contributed by atoms with Gasteiger partial charge in [0.15, 0.2) is 6.29 Å². The molecule has 80 valence electrons. The highest BCUT2D eigenvalue weighted by Crippen LogP contribution is 2.25. The van der Waals surface area contributed by atoms with E-state index in [-0.39, 0.29) is 11.8 Å². The van der Waals surface area contributed by atoms with Crippen molar-refractivity contribution in [3.05, 3.63) is 33.0 Å². The minimum absolute atomic E-state index is 0.000833. The Morgan fingerprint density at radius 2 is 2.20 bits per heavy atom. The summed E-state index contributed by atoms with van der Waals surface area (Å²) in [7, 11) is 0. The van der Waals surface area contributed by atoms with Gasteiger partial charge in [-0.1, -0.05) is 0 Å². The fourth-order valence-electron chi connectivity index (χ4n) is 1.09. The van der Waals surface area contributed by atoms with E-state index in [4.69, 9.17) is 0 Å². The van der Waals surface area contributed by atoms with Crippen molar-refractivity contribution in [3.63, 3.8) is 0 Å². The fourth-order valence-corrected chi connectivity index (χ4v) is 1.09. The highest BCUT2D eigenvalue weighted by molar-refractivity contribution is 5.75. The first-order valence-corrected chi connectivity index (χ1v) is 3.86. The molecule has 0 radical (unpaired) electrons. The van der Waals surface area contributed by atoms with Crippen molar-refractivity contribution in [2.75, 3.05) is 0 Å². The van der Waals surface area contributed by atoms with E-state index in [1.807, 2.05) is 0 Å². The molecule has 0 amide bonds. The van der Waals surface area contributed by atoms with Crippen LogP contribution in [0.15, 0.2) is 6.07 Å². The second-order valence-electron chi connectivity index (χ2n) is 2.78. The van der Waals surface area contributed by atoms with Gasteiger partial charge in [-0.2, -0.15) is 0 Å². The Bertz CT molecular complexity index is 421. The summed E-state index contributed by atoms with van der Waals surface area (Å²) in [4.78, 5) is 23.3. The summed E-state index contributed by atoms with van der Waals surface area (Å²) in [6.07, 6.45) is -2.80. The lowest BCUT2D eigenvalue weighted by atomic mass is 10.1. The minimum atomic E-state index is -2.88. The number of aldehydes is 1. The fraction of sp³-hybridized carbons (Fsp3) is 0.250. The van der Waals surface area contributed by atoms with Crippen LogP contribution >= 0.6 is 0 Å². The zero-order valence-electron chi connectivity index (χ0n) is 7.61. The van der Waals surface area contributed by atoms with Crippen LogP contribution in [0, 0.1) is 17.0 Å². The molecule has 0 aliphatic heterocycles. The highest BCUT2D eigenvalue weighted by Gasteiger charge is 2.23. The zero-order valence-corrected chi connectivity index (χ0v) is 7.61. The van der Waals surface area contributed by atoms with Crippen LogP contribution in [-0.2, 0) is 0 Å². The van der Waals surface area contributed by atoms with Crippen molar-refractivity contribution in [3.8, 4) is 0 Å². The number of hydrogen-bond donors (Lipinski definition) is 0. The molecule has 7 heteroatoms. The van der Waals surface area contributed by atoms with Gasteiger partial charge in [0.05, 0.1) is 5.56 Å². The third-order valence-corrected chi connectivity index (χ3v) is 1.77. The minimum Gasteiger partial charge on any atom is -0.358 e. The van der Waals surface area contributed by atoms with E-state index < -0.39 is 28.4 Å². The zero-order chi connectivity index (χ0) is 11.6. The van der Waals surface area contributed by atoms with Gasteiger partial charge in [-0.25, -0.2) is 8.78 Å². The van der Waals surface area contributed by atoms with Crippen molar-refractivity contribution >= 4 is 12.1 Å². The first kappa shape index (κ1) is 11.2. The van der Waals surface area contributed by atoms with Crippen LogP contribution in [0.2, 0.25) is 0 Å². The number of aromatic nitrogens is 1. The van der Waals surface area contributed by atoms with Gasteiger partial charge in [0.2, 0.25) is 5.69 Å². The first-order chi connectivity index (χ1) is 6.97. The molecule has 0 N–H and O–H groups in total. The molecule has 0 atom stereocenters. The van der Waals surface area contributed by atoms with E-state index in [2.05, 4.69) is 4.98 Å². The summed E-state index contributed by atoms with van der Waals surface area (Å²) in [6.45, 7) is 1.28. The lowest BCUT2D eigenvalue weighted by molar-refractivity contribution is -0.390. The van der Waals surface area contributed by atoms with Crippen molar-refractivity contribution < 1.29 is 18.5 Å². The molecule has 0 aromatic carbocycles. The number of hydrogen-bond acceptors (Lipinski definition) is 4. The van der Waals surface area contributed by atoms with Crippen LogP contribution in [0.5, 0.6) is 0 Å². The Balaban J connectivity index is 3.42. The first-order valence-electron chi connectivity index (χ1n) is 3.86. The molecule has 1 aromatic heterocycles. The molecule has 0 saturated heterocycles. The molecular weight excluding hydrogens is 210 g/mol. The lowest BCUT2D eigenvalue weighted by Crippen LogP contribution is -2.03. The number of carbonyl (C=O) groups is 1. The molecular formula is C8H6F2N2O3. The van der Waals surface area contributed by atoms with Crippen LogP contribution < -0.4 is 0 Å². The van der Waals surface area contributed by atoms with Crippen molar-refractivity contribution in [2.45, 2.75) is 13.3 Å². The van der Waals surface area contributed by atoms with E-state index >= 15 is 0 Å². The molecule has 0 saturated carbocycles. The number of rotatable bonds is 3. The maximum atomic E-state index is 12.4. The molecule has 0 aliphatic rings. The maximum Gasteiger partial charge on any atom is 0.367 e. The predicted molar refractivity (Wildman–Crippen MR) is 46.0 cm³/mol. The molecule has 0 fully saturated rings. The van der Waals surface area contributed by atoms with E-state index in [1.54, 1.807) is 0 Å². The number of pyridine rings is 1. The van der Waals surface area contributed by atoms with Crippen molar-refractivity contribution in [1.82, 2.24) is 4.98 Å². The quantitative estimate of drug-likeness (QED) is 0.440. The summed E-state index contributed by atoms with van der Waals surface area (Å²) in [6, 6.07) is 0.902. The molecule has 0 spiro atoms. The molecule has 1 heterocycles. The van der Waals surface area contributed by atoms with Crippen LogP contribution in [-0.4, -0.2) is 16.2 Å². The van der Waals surface area contributed by atoms with E-state index in [9.17, 15) is 23.7 Å². The number of nitro groups is 1. The molecule has 1 aromatic rings. The summed E-state index contributed by atoms with van der Waals surface area (Å²) < 4.78 is 24.7. The van der Waals surface area contributed by atoms with E-state index in [0.29, 0.717) is 0 Å². The Morgan fingerprint density at radius 1 is 1.60 bits per heavy atom. The van der Waals surface area contributed by atoms with Gasteiger partial charge < -0.3 is 10.1 Å². The number of carbonyl (C=O) groups excluding carboxylic acids is 1. The second kappa shape index (κ2) is 4.07. The largest absolute Gasteiger partial charge is 0.367 e.